The van der Waals surface area contributed by atoms with Crippen LogP contribution in [0.2, 0.25) is 155 Å². The first-order valence-electron chi connectivity index (χ1n) is 38.1. The third-order valence-electron chi connectivity index (χ3n) is 15.4. The van der Waals surface area contributed by atoms with E-state index in [9.17, 15) is 48.6 Å². The van der Waals surface area contributed by atoms with E-state index in [0.717, 1.165) is 106 Å². The Morgan fingerprint density at radius 1 is 0.333 bits per heavy atom. The first-order valence-corrected chi connectivity index (χ1v) is 76.4. The second-order valence-corrected chi connectivity index (χ2v) is 89.5. The third kappa shape index (κ3) is 77.3. The van der Waals surface area contributed by atoms with Gasteiger partial charge in [0.05, 0.1) is 22.3 Å². The molecule has 4 rings (SSSR count). The second kappa shape index (κ2) is 69.1. The van der Waals surface area contributed by atoms with Gasteiger partial charge in [-0.15, -0.1) is 82.7 Å². The van der Waals surface area contributed by atoms with Crippen LogP contribution in [0.25, 0.3) is 0 Å². The van der Waals surface area contributed by atoms with Gasteiger partial charge in [0.2, 0.25) is 5.91 Å². The van der Waals surface area contributed by atoms with Crippen LogP contribution >= 0.6 is 105 Å². The highest BCUT2D eigenvalue weighted by Crippen LogP contribution is 2.33. The highest BCUT2D eigenvalue weighted by molar-refractivity contribution is 8.01. The van der Waals surface area contributed by atoms with Crippen LogP contribution in [0.1, 0.15) is 185 Å². The van der Waals surface area contributed by atoms with Crippen molar-refractivity contribution in [1.29, 1.82) is 0 Å². The van der Waals surface area contributed by atoms with E-state index in [1.165, 1.54) is 24.8 Å². The molecule has 120 heavy (non-hydrogen) atoms. The largest absolute Gasteiger partial charge is 0.478 e. The molecule has 0 atom stereocenters. The lowest BCUT2D eigenvalue weighted by atomic mass is 10.2. The highest BCUT2D eigenvalue weighted by Gasteiger charge is 2.36. The molecule has 0 radical (unpaired) electrons. The number of hydrogen-bond donors (Lipinski definition) is 6. The summed E-state index contributed by atoms with van der Waals surface area (Å²) in [6.45, 7) is 50.7. The lowest BCUT2D eigenvalue weighted by molar-refractivity contribution is -0.119. The van der Waals surface area contributed by atoms with Crippen molar-refractivity contribution in [2.24, 2.45) is 0 Å². The number of halogens is 5. The number of unbranched alkanes of at least 4 members (excludes halogenated alkanes) is 3. The molecule has 4 aromatic carbocycles. The SMILES string of the molecule is C.C.C.C.C.C.C.CC(=O)CCCC[Si](C)(C)O[Si](C)(C)CCCCC(C)=O.CC(=O)CCCC[Si](C)(C)O[Si](C)(C)CSc1ccccc1C(=O)O.CC(=O)NCCC[Si](C)(C)Cl.C[Si](C)(CCl)O[Si](C)(C)CCl.C[Si](C)(CCl)O[Si](C)(C)CSc1ccccc1C(=O)O.C[Si](C)(Cl)CSc1ccccc1C(=O)O.O=C(O)c1ccccc1S. The molecule has 700 valence electrons. The van der Waals surface area contributed by atoms with Gasteiger partial charge in [0.25, 0.3) is 0 Å². The van der Waals surface area contributed by atoms with E-state index in [0.29, 0.717) is 57.4 Å². The molecule has 0 heterocycles. The van der Waals surface area contributed by atoms with Gasteiger partial charge in [-0.2, -0.15) is 22.2 Å². The Morgan fingerprint density at radius 2 is 0.575 bits per heavy atom. The van der Waals surface area contributed by atoms with Gasteiger partial charge in [-0.25, -0.2) is 19.2 Å². The van der Waals surface area contributed by atoms with Gasteiger partial charge in [-0.1, -0.05) is 146 Å². The van der Waals surface area contributed by atoms with Crippen LogP contribution in [0.15, 0.2) is 117 Å². The van der Waals surface area contributed by atoms with E-state index >= 15 is 0 Å². The van der Waals surface area contributed by atoms with Gasteiger partial charge in [0.15, 0.2) is 81.3 Å². The van der Waals surface area contributed by atoms with Crippen molar-refractivity contribution in [3.05, 3.63) is 119 Å². The minimum Gasteiger partial charge on any atom is -0.478 e. The summed E-state index contributed by atoms with van der Waals surface area (Å²) in [5.74, 6) is -2.72. The molecule has 0 saturated carbocycles. The van der Waals surface area contributed by atoms with Crippen molar-refractivity contribution in [3.8, 4) is 0 Å². The molecule has 5 N–H and O–H groups in total. The number of ketones is 3. The van der Waals surface area contributed by atoms with Gasteiger partial charge in [-0.3, -0.25) is 4.79 Å². The molecular formula is C84H164Cl5NO16S4Si10. The normalized spacial score (nSPS) is 11.3. The molecule has 0 spiro atoms. The second-order valence-electron chi connectivity index (χ2n) is 33.7. The van der Waals surface area contributed by atoms with E-state index in [1.807, 2.05) is 49.5 Å². The topological polar surface area (TPSA) is 266 Å². The number of thioether (sulfide) groups is 3. The Bertz CT molecular complexity index is 3480. The Labute approximate surface area is 783 Å². The van der Waals surface area contributed by atoms with Gasteiger partial charge in [-0.05, 0) is 224 Å². The Kier molecular flexibility index (Phi) is 79.8. The molecule has 0 fully saturated rings. The number of alkyl halides is 3. The van der Waals surface area contributed by atoms with Crippen molar-refractivity contribution in [3.63, 3.8) is 0 Å². The van der Waals surface area contributed by atoms with Crippen LogP contribution in [0.5, 0.6) is 0 Å². The average Bonchev–Trinajstić information content (AvgIpc) is 0.971. The van der Waals surface area contributed by atoms with Crippen molar-refractivity contribution in [2.45, 2.75) is 319 Å². The number of thiol groups is 1. The number of carboxylic acid groups (broad SMARTS) is 4. The summed E-state index contributed by atoms with van der Waals surface area (Å²) in [7, 11) is -16.8. The maximum atomic E-state index is 11.3. The molecule has 0 saturated heterocycles. The summed E-state index contributed by atoms with van der Waals surface area (Å²) >= 11 is 38.4. The molecule has 0 aliphatic heterocycles. The number of carbonyl (C=O) groups excluding carboxylic acids is 4. The molecular weight excluding hydrogens is 1870 g/mol. The summed E-state index contributed by atoms with van der Waals surface area (Å²) in [6.07, 6.45) is 9.25. The quantitative estimate of drug-likeness (QED) is 0.00600. The van der Waals surface area contributed by atoms with Crippen LogP contribution in [0.4, 0.5) is 0 Å². The monoisotopic (exact) mass is 2030 g/mol. The number of carbonyl (C=O) groups is 8. The number of amides is 1. The van der Waals surface area contributed by atoms with Gasteiger partial charge in [0, 0.05) is 85.0 Å². The van der Waals surface area contributed by atoms with Crippen molar-refractivity contribution >= 4 is 233 Å². The average molecular weight is 2030 g/mol. The first-order chi connectivity index (χ1) is 51.6. The fourth-order valence-corrected chi connectivity index (χ4v) is 52.3. The van der Waals surface area contributed by atoms with Crippen molar-refractivity contribution < 1.29 is 75.2 Å². The van der Waals surface area contributed by atoms with Crippen LogP contribution < -0.4 is 5.32 Å². The van der Waals surface area contributed by atoms with Crippen LogP contribution in [0, 0.1) is 0 Å². The predicted molar refractivity (Wildman–Crippen MR) is 559 cm³/mol. The Balaban J connectivity index is -0.000000149. The standard InChI is InChI=1S/C18H30O4SSi2.C16H34O3Si2.C13H21ClO3SSi2.C10H13ClO2SSi.C7H16ClNOSi.C7H6O2S.C6H16Cl2OSi2.7CH4/c1-15(19)10-8-9-13-24(2,3)22-25(4,5)14-23-17-12-7-6-11-16(17)18(20)21;1-15(17)11-7-9-13-20(3,4)19-21(5,6)14-10-8-12-16(2)18;1-19(2,9-14)17-20(3,4)10-18-12-8-6-5-7-11(12)13(15)16;1-15(2,11)7-14-9-6-4-3-5-8(9)10(12)13;1-7(10)9-5-4-6-11(2,3)8;8-7(9)5-3-1-2-4-6(5)10;1-10(2,5-7)9-11(3,4)6-8;;;;;;;/h6-7,11-12H,8-10,13-14H2,1-5H3,(H,20,21);7-14H2,1-6H3;5-8H,9-10H2,1-4H3,(H,15,16);3-6H,7H2,1-2H3,(H,12,13);4-6H2,1-3H3,(H,9,10);1-4,10H,(H,8,9);5-6H2,1-4H3;7*1H4. The molecule has 0 aliphatic rings. The fraction of sp³-hybridized carbons (Fsp3) is 0.619. The summed E-state index contributed by atoms with van der Waals surface area (Å²) in [5.41, 5.74) is 3.21. The molecule has 0 aromatic heterocycles. The van der Waals surface area contributed by atoms with Gasteiger partial charge < -0.3 is 56.6 Å². The van der Waals surface area contributed by atoms with Crippen LogP contribution in [0.3, 0.4) is 0 Å². The van der Waals surface area contributed by atoms with E-state index in [4.69, 9.17) is 83.6 Å². The van der Waals surface area contributed by atoms with Crippen LogP contribution in [-0.2, 0) is 35.6 Å². The molecule has 0 bridgehead atoms. The fourth-order valence-electron chi connectivity index (χ4n) is 10.5. The summed E-state index contributed by atoms with van der Waals surface area (Å²) in [5, 5.41) is 41.2. The number of benzene rings is 4. The van der Waals surface area contributed by atoms with E-state index in [-0.39, 0.29) is 80.8 Å². The number of aromatic carboxylic acids is 4. The molecule has 36 heteroatoms. The molecule has 4 aromatic rings. The predicted octanol–water partition coefficient (Wildman–Crippen LogP) is 28.9. The summed E-state index contributed by atoms with van der Waals surface area (Å²) in [4.78, 5) is 90.1. The van der Waals surface area contributed by atoms with Gasteiger partial charge >= 0.3 is 23.9 Å². The minimum absolute atomic E-state index is 0. The molecule has 0 unspecified atom stereocenters. The summed E-state index contributed by atoms with van der Waals surface area (Å²) < 4.78 is 25.3. The maximum Gasteiger partial charge on any atom is 0.336 e. The molecule has 0 aliphatic carbocycles. The minimum atomic E-state index is -1.90. The Morgan fingerprint density at radius 3 is 0.808 bits per heavy atom. The van der Waals surface area contributed by atoms with Crippen molar-refractivity contribution in [1.82, 2.24) is 5.32 Å². The first kappa shape index (κ1) is 139. The van der Waals surface area contributed by atoms with Gasteiger partial charge in [0.1, 0.15) is 17.3 Å². The Hall–Kier alpha value is -1.90. The highest BCUT2D eigenvalue weighted by atomic mass is 35.6. The third-order valence-corrected chi connectivity index (χ3v) is 61.0. The lowest BCUT2D eigenvalue weighted by Crippen LogP contribution is -2.47. The number of Topliss-reactive ketones (excluding diaryl/α,β-unsaturated/α-hetero) is 3. The maximum absolute atomic E-state index is 11.3. The number of carboxylic acids is 4. The number of rotatable bonds is 43. The summed E-state index contributed by atoms with van der Waals surface area (Å²) in [6, 6.07) is 32.2. The number of nitrogens with one attached hydrogen (secondary N) is 1. The molecule has 17 nitrogen and oxygen atoms in total. The zero-order valence-electron chi connectivity index (χ0n) is 71.8. The van der Waals surface area contributed by atoms with E-state index in [1.54, 1.807) is 98.9 Å². The smallest absolute Gasteiger partial charge is 0.336 e. The molecule has 1 amide bonds. The van der Waals surface area contributed by atoms with Crippen LogP contribution in [-0.4, -0.2) is 188 Å². The zero-order valence-corrected chi connectivity index (χ0v) is 89.0. The lowest BCUT2D eigenvalue weighted by Gasteiger charge is -2.34. The number of hydrogen-bond acceptors (Lipinski definition) is 16. The van der Waals surface area contributed by atoms with E-state index < -0.39 is 105 Å². The van der Waals surface area contributed by atoms with E-state index in [2.05, 4.69) is 136 Å². The zero-order chi connectivity index (χ0) is 88.1. The van der Waals surface area contributed by atoms with Crippen molar-refractivity contribution in [2.75, 3.05) is 39.2 Å².